The first kappa shape index (κ1) is 15.7. The highest BCUT2D eigenvalue weighted by molar-refractivity contribution is 5.89. The Morgan fingerprint density at radius 2 is 2.09 bits per heavy atom. The van der Waals surface area contributed by atoms with Crippen LogP contribution in [0, 0.1) is 19.7 Å². The molecule has 1 aromatic heterocycles. The molecule has 2 rings (SSSR count). The van der Waals surface area contributed by atoms with Gasteiger partial charge in [-0.1, -0.05) is 6.07 Å². The van der Waals surface area contributed by atoms with Gasteiger partial charge in [0, 0.05) is 30.5 Å². The van der Waals surface area contributed by atoms with Crippen molar-refractivity contribution in [2.24, 2.45) is 0 Å². The number of rotatable bonds is 4. The van der Waals surface area contributed by atoms with Crippen molar-refractivity contribution in [2.75, 3.05) is 11.9 Å². The zero-order valence-corrected chi connectivity index (χ0v) is 12.4. The van der Waals surface area contributed by atoms with Crippen LogP contribution in [0.5, 0.6) is 0 Å². The summed E-state index contributed by atoms with van der Waals surface area (Å²) in [6, 6.07) is 5.42. The lowest BCUT2D eigenvalue weighted by atomic mass is 10.2. The summed E-state index contributed by atoms with van der Waals surface area (Å²) in [7, 11) is 0. The van der Waals surface area contributed by atoms with Gasteiger partial charge in [-0.3, -0.25) is 9.36 Å². The average molecular weight is 304 g/mol. The van der Waals surface area contributed by atoms with Crippen LogP contribution >= 0.6 is 0 Å². The predicted molar refractivity (Wildman–Crippen MR) is 81.4 cm³/mol. The first-order valence-electron chi connectivity index (χ1n) is 6.80. The molecule has 6 nitrogen and oxygen atoms in total. The standard InChI is InChI=1S/C15H17FN4O2/c1-10-3-4-12(8-13(10)16)19-15(22)17-5-6-20-9-18-11(2)7-14(20)21/h3-4,7-9H,5-6H2,1-2H3,(H2,17,19,22). The molecule has 0 atom stereocenters. The van der Waals surface area contributed by atoms with Gasteiger partial charge in [-0.2, -0.15) is 0 Å². The highest BCUT2D eigenvalue weighted by Crippen LogP contribution is 2.13. The van der Waals surface area contributed by atoms with Crippen LogP contribution in [0.25, 0.3) is 0 Å². The SMILES string of the molecule is Cc1cc(=O)n(CCNC(=O)Nc2ccc(C)c(F)c2)cn1. The molecule has 116 valence electrons. The van der Waals surface area contributed by atoms with Gasteiger partial charge in [-0.15, -0.1) is 0 Å². The van der Waals surface area contributed by atoms with E-state index in [0.29, 0.717) is 23.5 Å². The molecule has 0 aliphatic heterocycles. The third-order valence-electron chi connectivity index (χ3n) is 3.08. The van der Waals surface area contributed by atoms with Crippen molar-refractivity contribution in [1.29, 1.82) is 0 Å². The number of halogens is 1. The van der Waals surface area contributed by atoms with Crippen LogP contribution in [0.3, 0.4) is 0 Å². The number of aromatic nitrogens is 2. The van der Waals surface area contributed by atoms with Crippen LogP contribution in [-0.4, -0.2) is 22.1 Å². The quantitative estimate of drug-likeness (QED) is 0.904. The van der Waals surface area contributed by atoms with Crippen molar-refractivity contribution in [3.63, 3.8) is 0 Å². The monoisotopic (exact) mass is 304 g/mol. The lowest BCUT2D eigenvalue weighted by Gasteiger charge is -2.09. The fourth-order valence-corrected chi connectivity index (χ4v) is 1.82. The smallest absolute Gasteiger partial charge is 0.319 e. The van der Waals surface area contributed by atoms with Gasteiger partial charge in [0.1, 0.15) is 5.82 Å². The third kappa shape index (κ3) is 4.15. The molecule has 7 heteroatoms. The normalized spacial score (nSPS) is 10.3. The van der Waals surface area contributed by atoms with Crippen molar-refractivity contribution >= 4 is 11.7 Å². The summed E-state index contributed by atoms with van der Waals surface area (Å²) in [5.74, 6) is -0.380. The Morgan fingerprint density at radius 1 is 1.32 bits per heavy atom. The largest absolute Gasteiger partial charge is 0.336 e. The van der Waals surface area contributed by atoms with Gasteiger partial charge in [-0.25, -0.2) is 14.2 Å². The summed E-state index contributed by atoms with van der Waals surface area (Å²) in [5.41, 5.74) is 1.36. The number of hydrogen-bond donors (Lipinski definition) is 2. The number of carbonyl (C=O) groups is 1. The van der Waals surface area contributed by atoms with E-state index in [1.165, 1.54) is 23.0 Å². The molecule has 0 spiro atoms. The van der Waals surface area contributed by atoms with Crippen molar-refractivity contribution in [3.8, 4) is 0 Å². The second-order valence-electron chi connectivity index (χ2n) is 4.91. The summed E-state index contributed by atoms with van der Waals surface area (Å²) in [5, 5.41) is 5.12. The number of benzene rings is 1. The zero-order valence-electron chi connectivity index (χ0n) is 12.4. The van der Waals surface area contributed by atoms with Crippen LogP contribution in [0.4, 0.5) is 14.9 Å². The van der Waals surface area contributed by atoms with E-state index in [1.54, 1.807) is 26.0 Å². The minimum Gasteiger partial charge on any atom is -0.336 e. The second-order valence-corrected chi connectivity index (χ2v) is 4.91. The van der Waals surface area contributed by atoms with Crippen molar-refractivity contribution < 1.29 is 9.18 Å². The minimum atomic E-state index is -0.462. The van der Waals surface area contributed by atoms with Gasteiger partial charge in [0.05, 0.1) is 6.33 Å². The summed E-state index contributed by atoms with van der Waals surface area (Å²) >= 11 is 0. The molecule has 0 bridgehead atoms. The topological polar surface area (TPSA) is 76.0 Å². The van der Waals surface area contributed by atoms with E-state index in [1.807, 2.05) is 0 Å². The maximum absolute atomic E-state index is 13.4. The second kappa shape index (κ2) is 6.84. The van der Waals surface area contributed by atoms with Crippen LogP contribution in [-0.2, 0) is 6.54 Å². The highest BCUT2D eigenvalue weighted by Gasteiger charge is 2.04. The van der Waals surface area contributed by atoms with Crippen LogP contribution in [0.1, 0.15) is 11.3 Å². The molecule has 2 aromatic rings. The Hall–Kier alpha value is -2.70. The number of aryl methyl sites for hydroxylation is 2. The summed E-state index contributed by atoms with van der Waals surface area (Å²) in [6.45, 7) is 3.94. The lowest BCUT2D eigenvalue weighted by molar-refractivity contribution is 0.251. The van der Waals surface area contributed by atoms with Gasteiger partial charge in [0.15, 0.2) is 0 Å². The average Bonchev–Trinajstić information content (AvgIpc) is 2.45. The summed E-state index contributed by atoms with van der Waals surface area (Å²) in [4.78, 5) is 27.3. The van der Waals surface area contributed by atoms with Crippen LogP contribution in [0.2, 0.25) is 0 Å². The van der Waals surface area contributed by atoms with E-state index in [0.717, 1.165) is 0 Å². The van der Waals surface area contributed by atoms with E-state index < -0.39 is 6.03 Å². The number of urea groups is 1. The molecule has 22 heavy (non-hydrogen) atoms. The molecule has 0 aliphatic rings. The molecule has 0 saturated carbocycles. The summed E-state index contributed by atoms with van der Waals surface area (Å²) in [6.07, 6.45) is 1.44. The Bertz CT molecular complexity index is 743. The number of hydrogen-bond acceptors (Lipinski definition) is 3. The third-order valence-corrected chi connectivity index (χ3v) is 3.08. The number of carbonyl (C=O) groups excluding carboxylic acids is 1. The Morgan fingerprint density at radius 3 is 2.77 bits per heavy atom. The van der Waals surface area contributed by atoms with E-state index >= 15 is 0 Å². The molecule has 1 heterocycles. The Labute approximate surface area is 127 Å². The molecule has 0 unspecified atom stereocenters. The van der Waals surface area contributed by atoms with Gasteiger partial charge in [-0.05, 0) is 31.5 Å². The Balaban J connectivity index is 1.85. The molecule has 0 fully saturated rings. The van der Waals surface area contributed by atoms with E-state index in [4.69, 9.17) is 0 Å². The molecule has 2 N–H and O–H groups in total. The molecule has 0 aliphatic carbocycles. The fraction of sp³-hybridized carbons (Fsp3) is 0.267. The number of anilines is 1. The van der Waals surface area contributed by atoms with Gasteiger partial charge < -0.3 is 10.6 Å². The van der Waals surface area contributed by atoms with Crippen LogP contribution < -0.4 is 16.2 Å². The van der Waals surface area contributed by atoms with Crippen molar-refractivity contribution in [3.05, 3.63) is 58.0 Å². The molecule has 2 amide bonds. The first-order chi connectivity index (χ1) is 10.5. The molecule has 0 saturated heterocycles. The molecular formula is C15H17FN4O2. The molecule has 0 radical (unpaired) electrons. The maximum atomic E-state index is 13.4. The van der Waals surface area contributed by atoms with E-state index in [9.17, 15) is 14.0 Å². The van der Waals surface area contributed by atoms with E-state index in [-0.39, 0.29) is 17.9 Å². The van der Waals surface area contributed by atoms with Crippen molar-refractivity contribution in [1.82, 2.24) is 14.9 Å². The molecular weight excluding hydrogens is 287 g/mol. The predicted octanol–water partition coefficient (Wildman–Crippen LogP) is 1.82. The number of nitrogens with one attached hydrogen (secondary N) is 2. The first-order valence-corrected chi connectivity index (χ1v) is 6.80. The van der Waals surface area contributed by atoms with Gasteiger partial charge >= 0.3 is 6.03 Å². The fourth-order valence-electron chi connectivity index (χ4n) is 1.82. The summed E-state index contributed by atoms with van der Waals surface area (Å²) < 4.78 is 14.8. The van der Waals surface area contributed by atoms with Crippen LogP contribution in [0.15, 0.2) is 35.4 Å². The number of nitrogens with zero attached hydrogens (tertiary/aromatic N) is 2. The lowest BCUT2D eigenvalue weighted by Crippen LogP contribution is -2.33. The van der Waals surface area contributed by atoms with Gasteiger partial charge in [0.25, 0.3) is 5.56 Å². The van der Waals surface area contributed by atoms with Gasteiger partial charge in [0.2, 0.25) is 0 Å². The molecule has 1 aromatic carbocycles. The minimum absolute atomic E-state index is 0.171. The van der Waals surface area contributed by atoms with Crippen molar-refractivity contribution in [2.45, 2.75) is 20.4 Å². The maximum Gasteiger partial charge on any atom is 0.319 e. The number of amides is 2. The Kier molecular flexibility index (Phi) is 4.88. The highest BCUT2D eigenvalue weighted by atomic mass is 19.1. The zero-order chi connectivity index (χ0) is 16.1. The van der Waals surface area contributed by atoms with E-state index in [2.05, 4.69) is 15.6 Å².